The monoisotopic (exact) mass is 179 g/mol. The van der Waals surface area contributed by atoms with Crippen LogP contribution >= 0.6 is 0 Å². The first kappa shape index (κ1) is 8.63. The Morgan fingerprint density at radius 2 is 2.08 bits per heavy atom. The highest BCUT2D eigenvalue weighted by molar-refractivity contribution is 5.30. The Morgan fingerprint density at radius 3 is 2.58 bits per heavy atom. The number of aromatic hydroxyl groups is 1. The first-order valence-electron chi connectivity index (χ1n) is 2.89. The molecule has 0 atom stereocenters. The van der Waals surface area contributed by atoms with Crippen LogP contribution in [0, 0.1) is 0 Å². The third kappa shape index (κ3) is 2.30. The lowest BCUT2D eigenvalue weighted by molar-refractivity contribution is -0.276. The van der Waals surface area contributed by atoms with E-state index in [4.69, 9.17) is 5.11 Å². The second kappa shape index (κ2) is 2.88. The van der Waals surface area contributed by atoms with Crippen LogP contribution < -0.4 is 4.74 Å². The van der Waals surface area contributed by atoms with E-state index in [2.05, 4.69) is 9.72 Å². The number of aromatic nitrogens is 1. The summed E-state index contributed by atoms with van der Waals surface area (Å²) in [6, 6.07) is 2.34. The molecule has 0 aliphatic heterocycles. The van der Waals surface area contributed by atoms with Crippen molar-refractivity contribution in [3.8, 4) is 11.6 Å². The number of nitrogens with zero attached hydrogens (tertiary/aromatic N) is 1. The van der Waals surface area contributed by atoms with Gasteiger partial charge in [-0.25, -0.2) is 4.98 Å². The zero-order chi connectivity index (χ0) is 9.19. The zero-order valence-electron chi connectivity index (χ0n) is 5.67. The SMILES string of the molecule is Oc1cccnc1OC(F)(F)F. The van der Waals surface area contributed by atoms with Gasteiger partial charge in [-0.2, -0.15) is 0 Å². The van der Waals surface area contributed by atoms with Crippen LogP contribution in [0.3, 0.4) is 0 Å². The zero-order valence-corrected chi connectivity index (χ0v) is 5.67. The Labute approximate surface area is 65.4 Å². The molecule has 0 unspecified atom stereocenters. The second-order valence-corrected chi connectivity index (χ2v) is 1.88. The van der Waals surface area contributed by atoms with Crippen molar-refractivity contribution in [1.29, 1.82) is 0 Å². The topological polar surface area (TPSA) is 42.4 Å². The number of ether oxygens (including phenoxy) is 1. The molecule has 0 saturated carbocycles. The molecule has 1 heterocycles. The standard InChI is InChI=1S/C6H4F3NO2/c7-6(8,9)12-5-4(11)2-1-3-10-5/h1-3,11H. The molecule has 0 amide bonds. The van der Waals surface area contributed by atoms with Gasteiger partial charge in [-0.1, -0.05) is 0 Å². The van der Waals surface area contributed by atoms with E-state index in [1.807, 2.05) is 0 Å². The molecule has 1 N–H and O–H groups in total. The molecule has 3 nitrogen and oxygen atoms in total. The van der Waals surface area contributed by atoms with Crippen molar-refractivity contribution in [2.75, 3.05) is 0 Å². The molecular formula is C6H4F3NO2. The minimum absolute atomic E-state index is 0.644. The molecule has 0 spiro atoms. The average Bonchev–Trinajstić information content (AvgIpc) is 1.91. The first-order chi connectivity index (χ1) is 5.49. The first-order valence-corrected chi connectivity index (χ1v) is 2.89. The third-order valence-electron chi connectivity index (χ3n) is 0.963. The van der Waals surface area contributed by atoms with Crippen molar-refractivity contribution in [2.45, 2.75) is 6.36 Å². The van der Waals surface area contributed by atoms with Crippen LogP contribution in [0.15, 0.2) is 18.3 Å². The van der Waals surface area contributed by atoms with Crippen LogP contribution in [-0.2, 0) is 0 Å². The van der Waals surface area contributed by atoms with Crippen molar-refractivity contribution in [1.82, 2.24) is 4.98 Å². The maximum absolute atomic E-state index is 11.5. The molecule has 0 radical (unpaired) electrons. The van der Waals surface area contributed by atoms with Gasteiger partial charge >= 0.3 is 6.36 Å². The summed E-state index contributed by atoms with van der Waals surface area (Å²) < 4.78 is 38.0. The summed E-state index contributed by atoms with van der Waals surface area (Å²) in [5.74, 6) is -1.49. The number of hydrogen-bond donors (Lipinski definition) is 1. The van der Waals surface area contributed by atoms with Crippen LogP contribution in [0.1, 0.15) is 0 Å². The van der Waals surface area contributed by atoms with E-state index >= 15 is 0 Å². The van der Waals surface area contributed by atoms with Gasteiger partial charge in [-0.3, -0.25) is 0 Å². The quantitative estimate of drug-likeness (QED) is 0.713. The minimum atomic E-state index is -4.83. The summed E-state index contributed by atoms with van der Waals surface area (Å²) in [7, 11) is 0. The van der Waals surface area contributed by atoms with Gasteiger partial charge in [0.15, 0.2) is 5.75 Å². The Morgan fingerprint density at radius 1 is 1.42 bits per heavy atom. The average molecular weight is 179 g/mol. The van der Waals surface area contributed by atoms with Gasteiger partial charge in [0.25, 0.3) is 5.88 Å². The van der Waals surface area contributed by atoms with Crippen LogP contribution in [0.4, 0.5) is 13.2 Å². The van der Waals surface area contributed by atoms with Gasteiger partial charge in [0.05, 0.1) is 0 Å². The normalized spacial score (nSPS) is 11.2. The molecule has 0 aliphatic rings. The fourth-order valence-corrected chi connectivity index (χ4v) is 0.571. The van der Waals surface area contributed by atoms with Gasteiger partial charge in [0.1, 0.15) is 0 Å². The largest absolute Gasteiger partial charge is 0.574 e. The van der Waals surface area contributed by atoms with Crippen LogP contribution in [0.25, 0.3) is 0 Å². The number of halogens is 3. The minimum Gasteiger partial charge on any atom is -0.503 e. The van der Waals surface area contributed by atoms with E-state index in [1.165, 1.54) is 6.07 Å². The van der Waals surface area contributed by atoms with Gasteiger partial charge in [0.2, 0.25) is 0 Å². The Kier molecular flexibility index (Phi) is 2.07. The smallest absolute Gasteiger partial charge is 0.503 e. The maximum atomic E-state index is 11.5. The summed E-state index contributed by atoms with van der Waals surface area (Å²) in [5.41, 5.74) is 0. The molecule has 0 aliphatic carbocycles. The van der Waals surface area contributed by atoms with Crippen molar-refractivity contribution < 1.29 is 23.0 Å². The summed E-state index contributed by atoms with van der Waals surface area (Å²) in [5, 5.41) is 8.79. The Hall–Kier alpha value is -1.46. The number of alkyl halides is 3. The van der Waals surface area contributed by atoms with Crippen molar-refractivity contribution in [2.24, 2.45) is 0 Å². The lowest BCUT2D eigenvalue weighted by Gasteiger charge is -2.07. The van der Waals surface area contributed by atoms with Crippen molar-refractivity contribution in [3.63, 3.8) is 0 Å². The lowest BCUT2D eigenvalue weighted by atomic mass is 10.4. The molecule has 1 aromatic rings. The van der Waals surface area contributed by atoms with Gasteiger partial charge < -0.3 is 9.84 Å². The maximum Gasteiger partial charge on any atom is 0.574 e. The second-order valence-electron chi connectivity index (χ2n) is 1.88. The van der Waals surface area contributed by atoms with E-state index in [0.29, 0.717) is 0 Å². The number of rotatable bonds is 1. The highest BCUT2D eigenvalue weighted by Gasteiger charge is 2.32. The molecule has 1 aromatic heterocycles. The van der Waals surface area contributed by atoms with E-state index in [9.17, 15) is 13.2 Å². The molecule has 0 aromatic carbocycles. The van der Waals surface area contributed by atoms with Gasteiger partial charge in [0, 0.05) is 6.20 Å². The van der Waals surface area contributed by atoms with E-state index in [1.54, 1.807) is 0 Å². The van der Waals surface area contributed by atoms with Crippen molar-refractivity contribution >= 4 is 0 Å². The summed E-state index contributed by atoms with van der Waals surface area (Å²) in [4.78, 5) is 3.17. The predicted octanol–water partition coefficient (Wildman–Crippen LogP) is 1.69. The molecule has 0 saturated heterocycles. The molecule has 66 valence electrons. The van der Waals surface area contributed by atoms with Gasteiger partial charge in [-0.05, 0) is 12.1 Å². The fourth-order valence-electron chi connectivity index (χ4n) is 0.571. The van der Waals surface area contributed by atoms with Crippen LogP contribution in [0.5, 0.6) is 11.6 Å². The van der Waals surface area contributed by atoms with E-state index < -0.39 is 18.0 Å². The molecule has 6 heteroatoms. The molecular weight excluding hydrogens is 175 g/mol. The predicted molar refractivity (Wildman–Crippen MR) is 32.6 cm³/mol. The molecule has 1 rings (SSSR count). The van der Waals surface area contributed by atoms with E-state index in [-0.39, 0.29) is 0 Å². The summed E-state index contributed by atoms with van der Waals surface area (Å²) in [6.07, 6.45) is -3.74. The lowest BCUT2D eigenvalue weighted by Crippen LogP contribution is -2.17. The third-order valence-corrected chi connectivity index (χ3v) is 0.963. The van der Waals surface area contributed by atoms with Crippen LogP contribution in [-0.4, -0.2) is 16.5 Å². The highest BCUT2D eigenvalue weighted by atomic mass is 19.4. The summed E-state index contributed by atoms with van der Waals surface area (Å²) in [6.45, 7) is 0. The highest BCUT2D eigenvalue weighted by Crippen LogP contribution is 2.27. The number of hydrogen-bond acceptors (Lipinski definition) is 3. The Bertz CT molecular complexity index is 274. The van der Waals surface area contributed by atoms with Crippen molar-refractivity contribution in [3.05, 3.63) is 18.3 Å². The van der Waals surface area contributed by atoms with Crippen LogP contribution in [0.2, 0.25) is 0 Å². The Balaban J connectivity index is 2.83. The van der Waals surface area contributed by atoms with E-state index in [0.717, 1.165) is 12.3 Å². The molecule has 12 heavy (non-hydrogen) atoms. The van der Waals surface area contributed by atoms with Gasteiger partial charge in [-0.15, -0.1) is 13.2 Å². The molecule has 0 bridgehead atoms. The molecule has 0 fully saturated rings. The number of pyridine rings is 1. The summed E-state index contributed by atoms with van der Waals surface area (Å²) >= 11 is 0. The fraction of sp³-hybridized carbons (Fsp3) is 0.167.